The van der Waals surface area contributed by atoms with Gasteiger partial charge >= 0.3 is 5.63 Å². The second-order valence-corrected chi connectivity index (χ2v) is 3.56. The molecule has 17 heavy (non-hydrogen) atoms. The standard InChI is InChI=1S/C11H8N4O2/c12-8-2-1-7-5-9(15-4-3-13-14-15)11(16)17-10(7)6-8/h1-6H,12H2. The van der Waals surface area contributed by atoms with Crippen LogP contribution in [0.1, 0.15) is 0 Å². The van der Waals surface area contributed by atoms with E-state index in [1.807, 2.05) is 0 Å². The predicted molar refractivity (Wildman–Crippen MR) is 61.8 cm³/mol. The zero-order valence-corrected chi connectivity index (χ0v) is 8.70. The lowest BCUT2D eigenvalue weighted by molar-refractivity contribution is 0.551. The van der Waals surface area contributed by atoms with Gasteiger partial charge in [-0.2, -0.15) is 0 Å². The van der Waals surface area contributed by atoms with Crippen molar-refractivity contribution in [3.8, 4) is 5.69 Å². The maximum Gasteiger partial charge on any atom is 0.362 e. The van der Waals surface area contributed by atoms with Crippen molar-refractivity contribution in [3.63, 3.8) is 0 Å². The molecule has 0 saturated carbocycles. The van der Waals surface area contributed by atoms with Crippen molar-refractivity contribution in [2.45, 2.75) is 0 Å². The maximum atomic E-state index is 11.7. The van der Waals surface area contributed by atoms with Crippen molar-refractivity contribution in [1.82, 2.24) is 15.0 Å². The van der Waals surface area contributed by atoms with Crippen LogP contribution in [0.2, 0.25) is 0 Å². The third kappa shape index (κ3) is 1.55. The number of nitrogen functional groups attached to an aromatic ring is 1. The van der Waals surface area contributed by atoms with Crippen LogP contribution in [0.4, 0.5) is 5.69 Å². The molecule has 0 unspecified atom stereocenters. The number of hydrogen-bond donors (Lipinski definition) is 1. The quantitative estimate of drug-likeness (QED) is 0.495. The zero-order valence-electron chi connectivity index (χ0n) is 8.70. The molecular formula is C11H8N4O2. The van der Waals surface area contributed by atoms with E-state index in [0.717, 1.165) is 5.39 Å². The molecule has 0 fully saturated rings. The summed E-state index contributed by atoms with van der Waals surface area (Å²) in [6.07, 6.45) is 3.07. The topological polar surface area (TPSA) is 86.9 Å². The van der Waals surface area contributed by atoms with Gasteiger partial charge in [0.2, 0.25) is 0 Å². The van der Waals surface area contributed by atoms with E-state index in [-0.39, 0.29) is 0 Å². The molecule has 0 spiro atoms. The molecule has 1 aromatic carbocycles. The van der Waals surface area contributed by atoms with Gasteiger partial charge in [-0.05, 0) is 18.2 Å². The molecule has 0 aliphatic heterocycles. The van der Waals surface area contributed by atoms with Crippen LogP contribution in [-0.4, -0.2) is 15.0 Å². The summed E-state index contributed by atoms with van der Waals surface area (Å²) in [5, 5.41) is 8.18. The number of rotatable bonds is 1. The van der Waals surface area contributed by atoms with Crippen LogP contribution in [0.15, 0.2) is 45.9 Å². The Labute approximate surface area is 95.3 Å². The van der Waals surface area contributed by atoms with E-state index in [2.05, 4.69) is 10.3 Å². The molecule has 6 heteroatoms. The van der Waals surface area contributed by atoms with Crippen LogP contribution in [0.5, 0.6) is 0 Å². The van der Waals surface area contributed by atoms with Crippen molar-refractivity contribution in [1.29, 1.82) is 0 Å². The summed E-state index contributed by atoms with van der Waals surface area (Å²) in [5.41, 5.74) is 6.47. The van der Waals surface area contributed by atoms with Gasteiger partial charge in [0.15, 0.2) is 5.69 Å². The fourth-order valence-electron chi connectivity index (χ4n) is 1.61. The van der Waals surface area contributed by atoms with Crippen molar-refractivity contribution in [2.75, 3.05) is 5.73 Å². The van der Waals surface area contributed by atoms with E-state index < -0.39 is 5.63 Å². The van der Waals surface area contributed by atoms with Crippen LogP contribution >= 0.6 is 0 Å². The largest absolute Gasteiger partial charge is 0.421 e. The lowest BCUT2D eigenvalue weighted by Gasteiger charge is -2.01. The number of fused-ring (bicyclic) bond motifs is 1. The minimum absolute atomic E-state index is 0.319. The maximum absolute atomic E-state index is 11.7. The second kappa shape index (κ2) is 3.44. The Morgan fingerprint density at radius 3 is 2.94 bits per heavy atom. The summed E-state index contributed by atoms with van der Waals surface area (Å²) in [4.78, 5) is 11.7. The first-order valence-corrected chi connectivity index (χ1v) is 4.94. The second-order valence-electron chi connectivity index (χ2n) is 3.56. The van der Waals surface area contributed by atoms with Gasteiger partial charge in [0.05, 0.1) is 12.4 Å². The minimum atomic E-state index is -0.478. The number of hydrogen-bond acceptors (Lipinski definition) is 5. The summed E-state index contributed by atoms with van der Waals surface area (Å²) in [6.45, 7) is 0. The Kier molecular flexibility index (Phi) is 1.94. The number of benzene rings is 1. The predicted octanol–water partition coefficient (Wildman–Crippen LogP) is 0.956. The Morgan fingerprint density at radius 1 is 1.29 bits per heavy atom. The summed E-state index contributed by atoms with van der Waals surface area (Å²) >= 11 is 0. The van der Waals surface area contributed by atoms with Crippen LogP contribution in [0.3, 0.4) is 0 Å². The molecule has 0 amide bonds. The Bertz CT molecular complexity index is 731. The highest BCUT2D eigenvalue weighted by molar-refractivity contribution is 5.81. The molecule has 0 atom stereocenters. The third-order valence-corrected chi connectivity index (χ3v) is 2.41. The molecule has 0 bridgehead atoms. The van der Waals surface area contributed by atoms with Gasteiger partial charge in [0.1, 0.15) is 5.58 Å². The number of nitrogens with two attached hydrogens (primary N) is 1. The summed E-state index contributed by atoms with van der Waals surface area (Å²) < 4.78 is 6.54. The first kappa shape index (κ1) is 9.59. The van der Waals surface area contributed by atoms with Crippen molar-refractivity contribution >= 4 is 16.7 Å². The van der Waals surface area contributed by atoms with E-state index in [4.69, 9.17) is 10.2 Å². The molecule has 84 valence electrons. The molecule has 6 nitrogen and oxygen atoms in total. The van der Waals surface area contributed by atoms with Gasteiger partial charge < -0.3 is 10.2 Å². The SMILES string of the molecule is Nc1ccc2cc(-n3ccnn3)c(=O)oc2c1. The first-order valence-electron chi connectivity index (χ1n) is 4.94. The lowest BCUT2D eigenvalue weighted by atomic mass is 10.2. The fourth-order valence-corrected chi connectivity index (χ4v) is 1.61. The Morgan fingerprint density at radius 2 is 2.18 bits per heavy atom. The minimum Gasteiger partial charge on any atom is -0.421 e. The van der Waals surface area contributed by atoms with Gasteiger partial charge in [-0.25, -0.2) is 9.48 Å². The van der Waals surface area contributed by atoms with Crippen LogP contribution in [0.25, 0.3) is 16.7 Å². The summed E-state index contributed by atoms with van der Waals surface area (Å²) in [7, 11) is 0. The normalized spacial score (nSPS) is 10.8. The average molecular weight is 228 g/mol. The molecule has 3 aromatic rings. The molecule has 0 radical (unpaired) electrons. The number of anilines is 1. The van der Waals surface area contributed by atoms with Gasteiger partial charge in [-0.3, -0.25) is 0 Å². The van der Waals surface area contributed by atoms with E-state index in [1.54, 1.807) is 30.5 Å². The highest BCUT2D eigenvalue weighted by Crippen LogP contribution is 2.17. The molecular weight excluding hydrogens is 220 g/mol. The Balaban J connectivity index is 2.32. The van der Waals surface area contributed by atoms with Gasteiger partial charge in [-0.15, -0.1) is 5.10 Å². The molecule has 2 aromatic heterocycles. The molecule has 2 N–H and O–H groups in total. The van der Waals surface area contributed by atoms with Crippen LogP contribution in [-0.2, 0) is 0 Å². The summed E-state index contributed by atoms with van der Waals surface area (Å²) in [5.74, 6) is 0. The van der Waals surface area contributed by atoms with Crippen molar-refractivity contribution in [3.05, 3.63) is 47.1 Å². The summed E-state index contributed by atoms with van der Waals surface area (Å²) in [6, 6.07) is 6.83. The lowest BCUT2D eigenvalue weighted by Crippen LogP contribution is -2.10. The van der Waals surface area contributed by atoms with Crippen LogP contribution < -0.4 is 11.4 Å². The molecule has 0 aliphatic carbocycles. The highest BCUT2D eigenvalue weighted by atomic mass is 16.4. The highest BCUT2D eigenvalue weighted by Gasteiger charge is 2.07. The zero-order chi connectivity index (χ0) is 11.8. The fraction of sp³-hybridized carbons (Fsp3) is 0. The van der Waals surface area contributed by atoms with E-state index in [0.29, 0.717) is 17.0 Å². The average Bonchev–Trinajstić information content (AvgIpc) is 2.81. The van der Waals surface area contributed by atoms with E-state index >= 15 is 0 Å². The smallest absolute Gasteiger partial charge is 0.362 e. The molecule has 0 aliphatic rings. The molecule has 3 rings (SSSR count). The Hall–Kier alpha value is -2.63. The van der Waals surface area contributed by atoms with Gasteiger partial charge in [0, 0.05) is 17.1 Å². The van der Waals surface area contributed by atoms with Gasteiger partial charge in [0.25, 0.3) is 0 Å². The van der Waals surface area contributed by atoms with Crippen molar-refractivity contribution < 1.29 is 4.42 Å². The third-order valence-electron chi connectivity index (χ3n) is 2.41. The van der Waals surface area contributed by atoms with E-state index in [1.165, 1.54) is 10.9 Å². The monoisotopic (exact) mass is 228 g/mol. The van der Waals surface area contributed by atoms with Gasteiger partial charge in [-0.1, -0.05) is 5.21 Å². The molecule has 2 heterocycles. The number of nitrogens with zero attached hydrogens (tertiary/aromatic N) is 3. The van der Waals surface area contributed by atoms with Crippen LogP contribution in [0, 0.1) is 0 Å². The van der Waals surface area contributed by atoms with Crippen molar-refractivity contribution in [2.24, 2.45) is 0 Å². The number of aromatic nitrogens is 3. The van der Waals surface area contributed by atoms with E-state index in [9.17, 15) is 4.79 Å². The first-order chi connectivity index (χ1) is 8.24. The molecule has 0 saturated heterocycles.